The third-order valence-corrected chi connectivity index (χ3v) is 6.31. The highest BCUT2D eigenvalue weighted by atomic mass is 32.1. The summed E-state index contributed by atoms with van der Waals surface area (Å²) in [5, 5.41) is 16.8. The molecule has 1 aliphatic rings. The largest absolute Gasteiger partial charge is 0.375 e. The van der Waals surface area contributed by atoms with Crippen molar-refractivity contribution in [2.45, 2.75) is 12.0 Å². The summed E-state index contributed by atoms with van der Waals surface area (Å²) in [6.07, 6.45) is 3.74. The SMILES string of the molecule is CN1CCC(O)(c2cccc(-c3nc(-c4ccnc(Nc5ccccn5)n4)cs3)c2)C1=O. The maximum atomic E-state index is 12.5. The number of nitrogens with zero attached hydrogens (tertiary/aromatic N) is 5. The Morgan fingerprint density at radius 2 is 1.97 bits per heavy atom. The minimum absolute atomic E-state index is 0.275. The van der Waals surface area contributed by atoms with E-state index < -0.39 is 5.60 Å². The summed E-state index contributed by atoms with van der Waals surface area (Å²) in [6, 6.07) is 14.8. The monoisotopic (exact) mass is 444 g/mol. The molecule has 9 heteroatoms. The van der Waals surface area contributed by atoms with Gasteiger partial charge in [0.2, 0.25) is 5.95 Å². The lowest BCUT2D eigenvalue weighted by molar-refractivity contribution is -0.143. The second-order valence-corrected chi connectivity index (χ2v) is 8.42. The molecule has 0 saturated carbocycles. The zero-order valence-electron chi connectivity index (χ0n) is 17.3. The van der Waals surface area contributed by atoms with Crippen molar-refractivity contribution in [1.29, 1.82) is 0 Å². The van der Waals surface area contributed by atoms with Gasteiger partial charge < -0.3 is 15.3 Å². The zero-order chi connectivity index (χ0) is 22.1. The van der Waals surface area contributed by atoms with Gasteiger partial charge in [-0.2, -0.15) is 0 Å². The Morgan fingerprint density at radius 3 is 2.75 bits per heavy atom. The summed E-state index contributed by atoms with van der Waals surface area (Å²) in [6.45, 7) is 0.531. The average Bonchev–Trinajstić information content (AvgIpc) is 3.42. The molecule has 1 fully saturated rings. The van der Waals surface area contributed by atoms with E-state index in [-0.39, 0.29) is 5.91 Å². The molecule has 1 atom stereocenters. The molecule has 4 heterocycles. The van der Waals surface area contributed by atoms with Crippen LogP contribution in [0, 0.1) is 0 Å². The minimum Gasteiger partial charge on any atom is -0.375 e. The van der Waals surface area contributed by atoms with Gasteiger partial charge in [-0.05, 0) is 29.8 Å². The Labute approximate surface area is 188 Å². The van der Waals surface area contributed by atoms with Crippen LogP contribution in [0.5, 0.6) is 0 Å². The minimum atomic E-state index is -1.48. The number of likely N-dealkylation sites (N-methyl/N-ethyl adjacent to an activating group) is 1. The molecular weight excluding hydrogens is 424 g/mol. The normalized spacial score (nSPS) is 18.2. The van der Waals surface area contributed by atoms with Crippen molar-refractivity contribution in [2.75, 3.05) is 18.9 Å². The van der Waals surface area contributed by atoms with E-state index >= 15 is 0 Å². The fourth-order valence-electron chi connectivity index (χ4n) is 3.67. The van der Waals surface area contributed by atoms with Crippen molar-refractivity contribution in [3.05, 3.63) is 71.9 Å². The van der Waals surface area contributed by atoms with Gasteiger partial charge in [-0.3, -0.25) is 4.79 Å². The van der Waals surface area contributed by atoms with Gasteiger partial charge >= 0.3 is 0 Å². The first-order chi connectivity index (χ1) is 15.5. The molecule has 0 radical (unpaired) electrons. The third-order valence-electron chi connectivity index (χ3n) is 5.42. The van der Waals surface area contributed by atoms with Gasteiger partial charge in [-0.15, -0.1) is 11.3 Å². The number of pyridine rings is 1. The molecule has 0 bridgehead atoms. The second kappa shape index (κ2) is 8.10. The number of hydrogen-bond acceptors (Lipinski definition) is 8. The van der Waals surface area contributed by atoms with Crippen molar-refractivity contribution < 1.29 is 9.90 Å². The first-order valence-electron chi connectivity index (χ1n) is 10.1. The molecule has 3 aromatic heterocycles. The summed E-state index contributed by atoms with van der Waals surface area (Å²) >= 11 is 1.48. The number of carbonyl (C=O) groups is 1. The summed E-state index contributed by atoms with van der Waals surface area (Å²) in [5.74, 6) is 0.817. The molecular formula is C23H20N6O2S. The summed E-state index contributed by atoms with van der Waals surface area (Å²) in [7, 11) is 1.70. The maximum absolute atomic E-state index is 12.5. The van der Waals surface area contributed by atoms with E-state index in [4.69, 9.17) is 4.98 Å². The van der Waals surface area contributed by atoms with E-state index in [1.54, 1.807) is 36.5 Å². The highest BCUT2D eigenvalue weighted by Gasteiger charge is 2.45. The maximum Gasteiger partial charge on any atom is 0.258 e. The van der Waals surface area contributed by atoms with E-state index in [0.717, 1.165) is 16.3 Å². The first-order valence-corrected chi connectivity index (χ1v) is 11.0. The number of thiazole rings is 1. The molecule has 1 aromatic carbocycles. The Morgan fingerprint density at radius 1 is 1.06 bits per heavy atom. The quantitative estimate of drug-likeness (QED) is 0.486. The van der Waals surface area contributed by atoms with Crippen molar-refractivity contribution in [3.63, 3.8) is 0 Å². The van der Waals surface area contributed by atoms with Crippen molar-refractivity contribution in [1.82, 2.24) is 24.8 Å². The van der Waals surface area contributed by atoms with E-state index in [9.17, 15) is 9.90 Å². The molecule has 0 aliphatic carbocycles. The van der Waals surface area contributed by atoms with Crippen LogP contribution in [0.2, 0.25) is 0 Å². The van der Waals surface area contributed by atoms with E-state index in [2.05, 4.69) is 20.3 Å². The van der Waals surface area contributed by atoms with Crippen LogP contribution < -0.4 is 5.32 Å². The van der Waals surface area contributed by atoms with Crippen LogP contribution in [0.3, 0.4) is 0 Å². The van der Waals surface area contributed by atoms with Crippen LogP contribution in [0.1, 0.15) is 12.0 Å². The number of aromatic nitrogens is 4. The molecule has 32 heavy (non-hydrogen) atoms. The first kappa shape index (κ1) is 20.2. The molecule has 8 nitrogen and oxygen atoms in total. The van der Waals surface area contributed by atoms with Crippen LogP contribution >= 0.6 is 11.3 Å². The third kappa shape index (κ3) is 3.72. The van der Waals surface area contributed by atoms with E-state index in [1.807, 2.05) is 41.8 Å². The van der Waals surface area contributed by atoms with E-state index in [0.29, 0.717) is 36.0 Å². The number of nitrogens with one attached hydrogen (secondary N) is 1. The number of hydrogen-bond donors (Lipinski definition) is 2. The molecule has 1 saturated heterocycles. The van der Waals surface area contributed by atoms with Crippen LogP contribution in [-0.4, -0.2) is 49.4 Å². The fraction of sp³-hybridized carbons (Fsp3) is 0.174. The predicted octanol–water partition coefficient (Wildman–Crippen LogP) is 3.46. The fourth-order valence-corrected chi connectivity index (χ4v) is 4.48. The molecule has 1 unspecified atom stereocenters. The summed E-state index contributed by atoms with van der Waals surface area (Å²) < 4.78 is 0. The van der Waals surface area contributed by atoms with Crippen LogP contribution in [-0.2, 0) is 10.4 Å². The smallest absolute Gasteiger partial charge is 0.258 e. The van der Waals surface area contributed by atoms with Gasteiger partial charge in [0, 0.05) is 43.4 Å². The van der Waals surface area contributed by atoms with Crippen LogP contribution in [0.15, 0.2) is 66.3 Å². The number of benzene rings is 1. The molecule has 4 aromatic rings. The Bertz CT molecular complexity index is 1280. The summed E-state index contributed by atoms with van der Waals surface area (Å²) in [4.78, 5) is 31.8. The van der Waals surface area contributed by atoms with Gasteiger partial charge in [0.25, 0.3) is 5.91 Å². The zero-order valence-corrected chi connectivity index (χ0v) is 18.1. The lowest BCUT2D eigenvalue weighted by atomic mass is 9.91. The van der Waals surface area contributed by atoms with Gasteiger partial charge in [0.05, 0.1) is 5.69 Å². The topological polar surface area (TPSA) is 104 Å². The number of anilines is 2. The highest BCUT2D eigenvalue weighted by molar-refractivity contribution is 7.13. The van der Waals surface area contributed by atoms with E-state index in [1.165, 1.54) is 11.3 Å². The molecule has 1 amide bonds. The Kier molecular flexibility index (Phi) is 5.12. The van der Waals surface area contributed by atoms with Gasteiger partial charge in [-0.1, -0.05) is 24.3 Å². The predicted molar refractivity (Wildman–Crippen MR) is 122 cm³/mol. The van der Waals surface area contributed by atoms with Gasteiger partial charge in [0.1, 0.15) is 16.5 Å². The number of aliphatic hydroxyl groups is 1. The lowest BCUT2D eigenvalue weighted by Crippen LogP contribution is -2.36. The van der Waals surface area contributed by atoms with Crippen molar-refractivity contribution in [2.24, 2.45) is 0 Å². The average molecular weight is 445 g/mol. The van der Waals surface area contributed by atoms with Gasteiger partial charge in [0.15, 0.2) is 5.60 Å². The van der Waals surface area contributed by atoms with Crippen molar-refractivity contribution in [3.8, 4) is 22.0 Å². The highest BCUT2D eigenvalue weighted by Crippen LogP contribution is 2.36. The number of likely N-dealkylation sites (tertiary alicyclic amines) is 1. The molecule has 1 aliphatic heterocycles. The standard InChI is InChI=1S/C23H20N6O2S/c1-29-12-9-23(31,21(29)30)16-6-4-5-15(13-16)20-26-18(14-32-20)17-8-11-25-22(27-17)28-19-7-2-3-10-24-19/h2-8,10-11,13-14,31H,9,12H2,1H3,(H,24,25,27,28). The van der Waals surface area contributed by atoms with Crippen LogP contribution in [0.25, 0.3) is 22.0 Å². The molecule has 0 spiro atoms. The lowest BCUT2D eigenvalue weighted by Gasteiger charge is -2.21. The number of rotatable bonds is 5. The Balaban J connectivity index is 1.41. The summed E-state index contributed by atoms with van der Waals surface area (Å²) in [5.41, 5.74) is 1.35. The number of amides is 1. The van der Waals surface area contributed by atoms with Crippen LogP contribution in [0.4, 0.5) is 11.8 Å². The Hall–Kier alpha value is -3.69. The molecule has 5 rings (SSSR count). The molecule has 2 N–H and O–H groups in total. The second-order valence-electron chi connectivity index (χ2n) is 7.56. The molecule has 160 valence electrons. The number of carbonyl (C=O) groups excluding carboxylic acids is 1. The van der Waals surface area contributed by atoms with Gasteiger partial charge in [-0.25, -0.2) is 19.9 Å². The van der Waals surface area contributed by atoms with Crippen molar-refractivity contribution >= 4 is 29.0 Å².